The van der Waals surface area contributed by atoms with E-state index in [9.17, 15) is 14.4 Å². The molecule has 1 N–H and O–H groups in total. The van der Waals surface area contributed by atoms with Crippen molar-refractivity contribution >= 4 is 39.9 Å². The van der Waals surface area contributed by atoms with Gasteiger partial charge in [0.1, 0.15) is 0 Å². The summed E-state index contributed by atoms with van der Waals surface area (Å²) in [5, 5.41) is 3.44. The predicted molar refractivity (Wildman–Crippen MR) is 115 cm³/mol. The van der Waals surface area contributed by atoms with Crippen LogP contribution in [0.5, 0.6) is 0 Å². The van der Waals surface area contributed by atoms with E-state index < -0.39 is 11.1 Å². The molecule has 150 valence electrons. The predicted octanol–water partition coefficient (Wildman–Crippen LogP) is 2.74. The number of aromatic nitrogens is 2. The summed E-state index contributed by atoms with van der Waals surface area (Å²) in [6.45, 7) is 1.73. The fourth-order valence-electron chi connectivity index (χ4n) is 3.75. The van der Waals surface area contributed by atoms with Crippen LogP contribution >= 0.6 is 11.6 Å². The first-order valence-electron chi connectivity index (χ1n) is 9.42. The topological polar surface area (TPSA) is 76.3 Å². The second-order valence-corrected chi connectivity index (χ2v) is 7.68. The normalized spacial score (nSPS) is 13.8. The minimum Gasteiger partial charge on any atom is -0.370 e. The van der Waals surface area contributed by atoms with E-state index in [1.165, 1.54) is 9.13 Å². The maximum atomic E-state index is 12.8. The minimum absolute atomic E-state index is 0.290. The van der Waals surface area contributed by atoms with Crippen LogP contribution in [0.1, 0.15) is 23.2 Å². The highest BCUT2D eigenvalue weighted by atomic mass is 35.5. The van der Waals surface area contributed by atoms with E-state index in [1.807, 2.05) is 6.07 Å². The fraction of sp³-hybridized carbons (Fsp3) is 0.286. The largest absolute Gasteiger partial charge is 0.370 e. The quantitative estimate of drug-likeness (QED) is 0.671. The number of benzene rings is 2. The number of anilines is 2. The van der Waals surface area contributed by atoms with E-state index in [4.69, 9.17) is 11.6 Å². The lowest BCUT2D eigenvalue weighted by molar-refractivity contribution is 0.102. The zero-order valence-corrected chi connectivity index (χ0v) is 17.0. The van der Waals surface area contributed by atoms with Crippen LogP contribution in [0.4, 0.5) is 11.4 Å². The Morgan fingerprint density at radius 2 is 1.59 bits per heavy atom. The average Bonchev–Trinajstić information content (AvgIpc) is 3.25. The van der Waals surface area contributed by atoms with Gasteiger partial charge in [-0.2, -0.15) is 0 Å². The molecule has 1 aliphatic heterocycles. The summed E-state index contributed by atoms with van der Waals surface area (Å²) in [7, 11) is 3.15. The van der Waals surface area contributed by atoms with Gasteiger partial charge in [0.2, 0.25) is 0 Å². The van der Waals surface area contributed by atoms with Crippen LogP contribution in [0.25, 0.3) is 11.0 Å². The van der Waals surface area contributed by atoms with E-state index in [0.717, 1.165) is 31.6 Å². The van der Waals surface area contributed by atoms with Crippen molar-refractivity contribution in [3.8, 4) is 0 Å². The molecule has 0 atom stereocenters. The van der Waals surface area contributed by atoms with Gasteiger partial charge in [-0.3, -0.25) is 14.4 Å². The first-order valence-corrected chi connectivity index (χ1v) is 9.80. The Morgan fingerprint density at radius 1 is 0.966 bits per heavy atom. The number of carbonyl (C=O) groups is 1. The number of nitrogens with zero attached hydrogens (tertiary/aromatic N) is 3. The third kappa shape index (κ3) is 3.42. The summed E-state index contributed by atoms with van der Waals surface area (Å²) in [5.74, 6) is -0.290. The minimum atomic E-state index is -0.610. The van der Waals surface area contributed by atoms with Gasteiger partial charge >= 0.3 is 11.1 Å². The van der Waals surface area contributed by atoms with Gasteiger partial charge < -0.3 is 19.4 Å². The number of hydrogen-bond acceptors (Lipinski definition) is 4. The van der Waals surface area contributed by atoms with Gasteiger partial charge in [0.05, 0.1) is 22.4 Å². The highest BCUT2D eigenvalue weighted by Gasteiger charge is 2.21. The lowest BCUT2D eigenvalue weighted by Gasteiger charge is -2.23. The highest BCUT2D eigenvalue weighted by molar-refractivity contribution is 6.31. The summed E-state index contributed by atoms with van der Waals surface area (Å²) in [6, 6.07) is 10.4. The molecular weight excluding hydrogens is 392 g/mol. The molecule has 1 fully saturated rings. The van der Waals surface area contributed by atoms with E-state index in [0.29, 0.717) is 27.3 Å². The number of rotatable bonds is 3. The molecule has 0 bridgehead atoms. The van der Waals surface area contributed by atoms with Gasteiger partial charge in [0, 0.05) is 37.8 Å². The number of aryl methyl sites for hydroxylation is 2. The number of carbonyl (C=O) groups excluding carboxylic acids is 1. The van der Waals surface area contributed by atoms with Crippen LogP contribution in [-0.4, -0.2) is 28.1 Å². The van der Waals surface area contributed by atoms with Crippen molar-refractivity contribution in [2.45, 2.75) is 12.8 Å². The Labute approximate surface area is 172 Å². The maximum absolute atomic E-state index is 12.8. The summed E-state index contributed by atoms with van der Waals surface area (Å²) < 4.78 is 2.68. The molecule has 0 spiro atoms. The molecule has 1 aromatic heterocycles. The molecule has 0 unspecified atom stereocenters. The number of hydrogen-bond donors (Lipinski definition) is 1. The molecule has 3 aromatic rings. The maximum Gasteiger partial charge on any atom is 0.316 e. The van der Waals surface area contributed by atoms with Gasteiger partial charge in [0.15, 0.2) is 0 Å². The molecule has 0 saturated carbocycles. The van der Waals surface area contributed by atoms with Gasteiger partial charge in [0.25, 0.3) is 5.91 Å². The summed E-state index contributed by atoms with van der Waals surface area (Å²) in [4.78, 5) is 39.5. The van der Waals surface area contributed by atoms with E-state index in [-0.39, 0.29) is 5.91 Å². The van der Waals surface area contributed by atoms with Gasteiger partial charge in [-0.05, 0) is 43.2 Å². The van der Waals surface area contributed by atoms with Gasteiger partial charge in [-0.1, -0.05) is 17.7 Å². The Balaban J connectivity index is 1.89. The molecule has 1 saturated heterocycles. The summed E-state index contributed by atoms with van der Waals surface area (Å²) in [5.41, 5.74) is 1.89. The Morgan fingerprint density at radius 3 is 2.21 bits per heavy atom. The van der Waals surface area contributed by atoms with Crippen LogP contribution in [0, 0.1) is 0 Å². The zero-order chi connectivity index (χ0) is 20.7. The third-order valence-electron chi connectivity index (χ3n) is 5.39. The van der Waals surface area contributed by atoms with E-state index in [2.05, 4.69) is 10.2 Å². The number of fused-ring (bicyclic) bond motifs is 1. The molecule has 0 radical (unpaired) electrons. The molecule has 8 heteroatoms. The SMILES string of the molecule is Cn1c(=O)c(=O)n(C)c2cc(N3CCCC3)c(NC(=O)c3cccc(Cl)c3)cc21. The molecular formula is C21H21ClN4O3. The second-order valence-electron chi connectivity index (χ2n) is 7.25. The molecule has 0 aliphatic carbocycles. The lowest BCUT2D eigenvalue weighted by atomic mass is 10.1. The van der Waals surface area contributed by atoms with Crippen LogP contribution in [0.2, 0.25) is 5.02 Å². The summed E-state index contributed by atoms with van der Waals surface area (Å²) in [6.07, 6.45) is 2.12. The van der Waals surface area contributed by atoms with Crippen molar-refractivity contribution in [3.63, 3.8) is 0 Å². The number of amides is 1. The summed E-state index contributed by atoms with van der Waals surface area (Å²) >= 11 is 6.02. The second kappa shape index (κ2) is 7.40. The lowest BCUT2D eigenvalue weighted by Crippen LogP contribution is -2.39. The molecule has 4 rings (SSSR count). The first-order chi connectivity index (χ1) is 13.9. The monoisotopic (exact) mass is 412 g/mol. The highest BCUT2D eigenvalue weighted by Crippen LogP contribution is 2.33. The number of halogens is 1. The molecule has 2 heterocycles. The molecule has 1 aliphatic rings. The van der Waals surface area contributed by atoms with Crippen LogP contribution in [0.3, 0.4) is 0 Å². The number of nitrogens with one attached hydrogen (secondary N) is 1. The van der Waals surface area contributed by atoms with Gasteiger partial charge in [-0.15, -0.1) is 0 Å². The first kappa shape index (κ1) is 19.3. The Hall–Kier alpha value is -3.06. The fourth-order valence-corrected chi connectivity index (χ4v) is 3.94. The van der Waals surface area contributed by atoms with Crippen LogP contribution in [0.15, 0.2) is 46.0 Å². The van der Waals surface area contributed by atoms with Crippen molar-refractivity contribution in [1.82, 2.24) is 9.13 Å². The average molecular weight is 413 g/mol. The molecule has 7 nitrogen and oxygen atoms in total. The zero-order valence-electron chi connectivity index (χ0n) is 16.2. The molecule has 2 aromatic carbocycles. The Bertz CT molecular complexity index is 1240. The van der Waals surface area contributed by atoms with Crippen molar-refractivity contribution in [2.75, 3.05) is 23.3 Å². The molecule has 29 heavy (non-hydrogen) atoms. The van der Waals surface area contributed by atoms with E-state index in [1.54, 1.807) is 44.4 Å². The van der Waals surface area contributed by atoms with Crippen LogP contribution < -0.4 is 21.3 Å². The smallest absolute Gasteiger partial charge is 0.316 e. The third-order valence-corrected chi connectivity index (χ3v) is 5.62. The molecule has 1 amide bonds. The van der Waals surface area contributed by atoms with Crippen molar-refractivity contribution in [3.05, 3.63) is 67.7 Å². The van der Waals surface area contributed by atoms with E-state index >= 15 is 0 Å². The van der Waals surface area contributed by atoms with Crippen molar-refractivity contribution in [1.29, 1.82) is 0 Å². The van der Waals surface area contributed by atoms with Crippen molar-refractivity contribution in [2.24, 2.45) is 14.1 Å². The van der Waals surface area contributed by atoms with Gasteiger partial charge in [-0.25, -0.2) is 0 Å². The Kier molecular flexibility index (Phi) is 4.92. The van der Waals surface area contributed by atoms with Crippen LogP contribution in [-0.2, 0) is 14.1 Å². The standard InChI is InChI=1S/C21H21ClN4O3/c1-24-17-11-15(23-19(27)13-6-5-7-14(22)10-13)16(26-8-3-4-9-26)12-18(17)25(2)21(29)20(24)28/h5-7,10-12H,3-4,8-9H2,1-2H3,(H,23,27). The van der Waals surface area contributed by atoms with Crippen molar-refractivity contribution < 1.29 is 4.79 Å².